The Morgan fingerprint density at radius 1 is 1.25 bits per heavy atom. The average molecular weight is 401 g/mol. The van der Waals surface area contributed by atoms with Crippen LogP contribution in [0, 0.1) is 5.41 Å². The third-order valence-corrected chi connectivity index (χ3v) is 4.62. The summed E-state index contributed by atoms with van der Waals surface area (Å²) in [5.74, 6) is -1.93. The molecule has 0 aromatic rings. The van der Waals surface area contributed by atoms with E-state index in [-0.39, 0.29) is 38.6 Å². The molecule has 10 heteroatoms. The number of rotatable bonds is 10. The lowest BCUT2D eigenvalue weighted by Crippen LogP contribution is -2.48. The standard InChI is InChI=1S/C18H31N3O7/c1-4-28-14(24)10-20-16(26)12-6-5-9-21(12)13(23)7-8-19-17(27)15(25)18(2,3)11-22/h12,15,22,25H,4-11H2,1-3H3,(H,19,27)(H,20,26)/t12-,15+/m1/s1. The summed E-state index contributed by atoms with van der Waals surface area (Å²) < 4.78 is 4.75. The molecular formula is C18H31N3O7. The van der Waals surface area contributed by atoms with Crippen molar-refractivity contribution >= 4 is 23.7 Å². The largest absolute Gasteiger partial charge is 0.465 e. The Bertz CT molecular complexity index is 580. The highest BCUT2D eigenvalue weighted by Gasteiger charge is 2.35. The number of ether oxygens (including phenoxy) is 1. The van der Waals surface area contributed by atoms with E-state index < -0.39 is 35.3 Å². The van der Waals surface area contributed by atoms with Crippen LogP contribution in [0.3, 0.4) is 0 Å². The van der Waals surface area contributed by atoms with Crippen molar-refractivity contribution in [1.29, 1.82) is 0 Å². The van der Waals surface area contributed by atoms with Crippen molar-refractivity contribution in [3.63, 3.8) is 0 Å². The van der Waals surface area contributed by atoms with E-state index in [1.54, 1.807) is 20.8 Å². The molecule has 160 valence electrons. The first-order chi connectivity index (χ1) is 13.1. The number of hydrogen-bond donors (Lipinski definition) is 4. The number of likely N-dealkylation sites (tertiary alicyclic amines) is 1. The molecule has 1 fully saturated rings. The van der Waals surface area contributed by atoms with Gasteiger partial charge in [0.2, 0.25) is 17.7 Å². The molecule has 0 aromatic carbocycles. The Morgan fingerprint density at radius 2 is 1.93 bits per heavy atom. The van der Waals surface area contributed by atoms with Gasteiger partial charge in [-0.25, -0.2) is 0 Å². The molecule has 0 saturated carbocycles. The minimum Gasteiger partial charge on any atom is -0.465 e. The summed E-state index contributed by atoms with van der Waals surface area (Å²) in [6.45, 7) is 4.79. The molecule has 0 radical (unpaired) electrons. The third kappa shape index (κ3) is 6.75. The number of carbonyl (C=O) groups is 4. The maximum atomic E-state index is 12.4. The predicted octanol–water partition coefficient (Wildman–Crippen LogP) is -1.46. The number of esters is 1. The molecule has 28 heavy (non-hydrogen) atoms. The smallest absolute Gasteiger partial charge is 0.325 e. The van der Waals surface area contributed by atoms with Crippen LogP contribution in [0.25, 0.3) is 0 Å². The molecule has 1 saturated heterocycles. The van der Waals surface area contributed by atoms with Crippen LogP contribution >= 0.6 is 0 Å². The normalized spacial score (nSPS) is 17.8. The number of hydrogen-bond acceptors (Lipinski definition) is 7. The van der Waals surface area contributed by atoms with Crippen molar-refractivity contribution in [2.75, 3.05) is 32.8 Å². The molecule has 3 amide bonds. The maximum absolute atomic E-state index is 12.4. The molecule has 0 spiro atoms. The summed E-state index contributed by atoms with van der Waals surface area (Å²) in [7, 11) is 0. The molecule has 1 aliphatic heterocycles. The topological polar surface area (TPSA) is 145 Å². The van der Waals surface area contributed by atoms with Crippen LogP contribution in [0.2, 0.25) is 0 Å². The number of aliphatic hydroxyl groups excluding tert-OH is 2. The number of nitrogens with zero attached hydrogens (tertiary/aromatic N) is 1. The lowest BCUT2D eigenvalue weighted by molar-refractivity contribution is -0.144. The van der Waals surface area contributed by atoms with Gasteiger partial charge in [-0.2, -0.15) is 0 Å². The monoisotopic (exact) mass is 401 g/mol. The van der Waals surface area contributed by atoms with Crippen LogP contribution in [0.4, 0.5) is 0 Å². The van der Waals surface area contributed by atoms with Crippen molar-refractivity contribution in [1.82, 2.24) is 15.5 Å². The number of aliphatic hydroxyl groups is 2. The van der Waals surface area contributed by atoms with Crippen molar-refractivity contribution in [2.24, 2.45) is 5.41 Å². The quantitative estimate of drug-likeness (QED) is 0.327. The van der Waals surface area contributed by atoms with Gasteiger partial charge < -0.3 is 30.5 Å². The Balaban J connectivity index is 2.47. The van der Waals surface area contributed by atoms with Crippen molar-refractivity contribution < 1.29 is 34.1 Å². The zero-order valence-corrected chi connectivity index (χ0v) is 16.7. The summed E-state index contributed by atoms with van der Waals surface area (Å²) >= 11 is 0. The summed E-state index contributed by atoms with van der Waals surface area (Å²) in [6, 6.07) is -0.656. The minimum absolute atomic E-state index is 0.00387. The molecule has 0 aromatic heterocycles. The third-order valence-electron chi connectivity index (χ3n) is 4.62. The zero-order valence-electron chi connectivity index (χ0n) is 16.7. The Hall–Kier alpha value is -2.20. The SMILES string of the molecule is CCOC(=O)CNC(=O)[C@H]1CCCN1C(=O)CCNC(=O)[C@H](O)C(C)(C)CO. The fraction of sp³-hybridized carbons (Fsp3) is 0.778. The molecule has 1 rings (SSSR count). The van der Waals surface area contributed by atoms with E-state index in [0.29, 0.717) is 19.4 Å². The van der Waals surface area contributed by atoms with Gasteiger partial charge in [0.05, 0.1) is 13.2 Å². The van der Waals surface area contributed by atoms with E-state index in [2.05, 4.69) is 10.6 Å². The van der Waals surface area contributed by atoms with Gasteiger partial charge in [-0.1, -0.05) is 13.8 Å². The van der Waals surface area contributed by atoms with Crippen LogP contribution in [0.5, 0.6) is 0 Å². The lowest BCUT2D eigenvalue weighted by Gasteiger charge is -2.27. The molecule has 4 N–H and O–H groups in total. The van der Waals surface area contributed by atoms with Gasteiger partial charge in [-0.3, -0.25) is 19.2 Å². The summed E-state index contributed by atoms with van der Waals surface area (Å²) in [6.07, 6.45) is -0.268. The van der Waals surface area contributed by atoms with Gasteiger partial charge in [-0.15, -0.1) is 0 Å². The molecule has 0 bridgehead atoms. The van der Waals surface area contributed by atoms with Crippen LogP contribution in [0.1, 0.15) is 40.0 Å². The van der Waals surface area contributed by atoms with Crippen molar-refractivity contribution in [3.05, 3.63) is 0 Å². The Labute approximate surface area is 164 Å². The predicted molar refractivity (Wildman–Crippen MR) is 98.9 cm³/mol. The van der Waals surface area contributed by atoms with Gasteiger partial charge in [-0.05, 0) is 19.8 Å². The van der Waals surface area contributed by atoms with Gasteiger partial charge in [0, 0.05) is 24.9 Å². The molecule has 10 nitrogen and oxygen atoms in total. The first-order valence-electron chi connectivity index (χ1n) is 9.43. The molecule has 2 atom stereocenters. The fourth-order valence-electron chi connectivity index (χ4n) is 2.80. The second-order valence-corrected chi connectivity index (χ2v) is 7.36. The number of amides is 3. The van der Waals surface area contributed by atoms with Gasteiger partial charge in [0.1, 0.15) is 18.7 Å². The highest BCUT2D eigenvalue weighted by atomic mass is 16.5. The van der Waals surface area contributed by atoms with Crippen LogP contribution in [-0.4, -0.2) is 83.8 Å². The van der Waals surface area contributed by atoms with Gasteiger partial charge >= 0.3 is 5.97 Å². The van der Waals surface area contributed by atoms with E-state index >= 15 is 0 Å². The molecular weight excluding hydrogens is 370 g/mol. The van der Waals surface area contributed by atoms with E-state index in [4.69, 9.17) is 4.74 Å². The fourth-order valence-corrected chi connectivity index (χ4v) is 2.80. The van der Waals surface area contributed by atoms with Crippen LogP contribution < -0.4 is 10.6 Å². The van der Waals surface area contributed by atoms with Crippen molar-refractivity contribution in [3.8, 4) is 0 Å². The summed E-state index contributed by atoms with van der Waals surface area (Å²) in [5.41, 5.74) is -0.995. The van der Waals surface area contributed by atoms with E-state index in [0.717, 1.165) is 0 Å². The molecule has 1 heterocycles. The highest BCUT2D eigenvalue weighted by Crippen LogP contribution is 2.20. The number of carbonyl (C=O) groups excluding carboxylic acids is 4. The summed E-state index contributed by atoms with van der Waals surface area (Å²) in [4.78, 5) is 49.3. The maximum Gasteiger partial charge on any atom is 0.325 e. The lowest BCUT2D eigenvalue weighted by atomic mass is 9.87. The first kappa shape index (κ1) is 23.8. The Kier molecular flexibility index (Phi) is 9.33. The van der Waals surface area contributed by atoms with Crippen LogP contribution in [-0.2, 0) is 23.9 Å². The van der Waals surface area contributed by atoms with Gasteiger partial charge in [0.25, 0.3) is 0 Å². The van der Waals surface area contributed by atoms with Gasteiger partial charge in [0.15, 0.2) is 0 Å². The number of nitrogens with one attached hydrogen (secondary N) is 2. The first-order valence-corrected chi connectivity index (χ1v) is 9.43. The van der Waals surface area contributed by atoms with E-state index in [1.165, 1.54) is 4.90 Å². The highest BCUT2D eigenvalue weighted by molar-refractivity contribution is 5.90. The summed E-state index contributed by atoms with van der Waals surface area (Å²) in [5, 5.41) is 24.1. The van der Waals surface area contributed by atoms with Crippen LogP contribution in [0.15, 0.2) is 0 Å². The molecule has 1 aliphatic rings. The second-order valence-electron chi connectivity index (χ2n) is 7.36. The molecule has 0 aliphatic carbocycles. The van der Waals surface area contributed by atoms with Crippen molar-refractivity contribution in [2.45, 2.75) is 52.2 Å². The minimum atomic E-state index is -1.40. The zero-order chi connectivity index (χ0) is 21.3. The van der Waals surface area contributed by atoms with E-state index in [1.807, 2.05) is 0 Å². The average Bonchev–Trinajstić information content (AvgIpc) is 3.15. The Morgan fingerprint density at radius 3 is 2.54 bits per heavy atom. The van der Waals surface area contributed by atoms with E-state index in [9.17, 15) is 29.4 Å². The molecule has 0 unspecified atom stereocenters. The second kappa shape index (κ2) is 11.0.